The van der Waals surface area contributed by atoms with E-state index in [-0.39, 0.29) is 0 Å². The van der Waals surface area contributed by atoms with Crippen molar-refractivity contribution in [2.75, 3.05) is 31.0 Å². The van der Waals surface area contributed by atoms with Crippen molar-refractivity contribution in [1.82, 2.24) is 15.3 Å². The number of fused-ring (bicyclic) bond motifs is 2. The lowest BCUT2D eigenvalue weighted by Crippen LogP contribution is -2.25. The van der Waals surface area contributed by atoms with E-state index < -0.39 is 0 Å². The highest BCUT2D eigenvalue weighted by molar-refractivity contribution is 8.00. The van der Waals surface area contributed by atoms with Crippen LogP contribution in [0.15, 0.2) is 40.5 Å². The number of ether oxygens (including phenoxy) is 1. The average molecular weight is 346 g/mol. The van der Waals surface area contributed by atoms with Gasteiger partial charge >= 0.3 is 0 Å². The summed E-state index contributed by atoms with van der Waals surface area (Å²) in [5, 5.41) is 4.98. The van der Waals surface area contributed by atoms with Crippen LogP contribution >= 0.6 is 23.5 Å². The normalized spacial score (nSPS) is 19.5. The molecule has 1 N–H and O–H groups in total. The Morgan fingerprint density at radius 3 is 3.09 bits per heavy atom. The molecule has 23 heavy (non-hydrogen) atoms. The fourth-order valence-corrected chi connectivity index (χ4v) is 4.92. The molecular weight excluding hydrogens is 328 g/mol. The van der Waals surface area contributed by atoms with Crippen LogP contribution in [0.1, 0.15) is 5.56 Å². The lowest BCUT2D eigenvalue weighted by molar-refractivity contribution is 0.204. The van der Waals surface area contributed by atoms with Crippen LogP contribution in [-0.4, -0.2) is 41.5 Å². The van der Waals surface area contributed by atoms with Gasteiger partial charge in [-0.1, -0.05) is 17.8 Å². The summed E-state index contributed by atoms with van der Waals surface area (Å²) in [6.45, 7) is 1.58. The Bertz CT molecular complexity index is 706. The quantitative estimate of drug-likeness (QED) is 0.913. The van der Waals surface area contributed by atoms with Gasteiger partial charge in [0, 0.05) is 36.7 Å². The van der Waals surface area contributed by atoms with Crippen molar-refractivity contribution < 1.29 is 4.74 Å². The van der Waals surface area contributed by atoms with Gasteiger partial charge in [-0.2, -0.15) is 0 Å². The first-order chi connectivity index (χ1) is 11.3. The summed E-state index contributed by atoms with van der Waals surface area (Å²) in [6, 6.07) is 6.67. The van der Waals surface area contributed by atoms with Crippen molar-refractivity contribution in [3.63, 3.8) is 0 Å². The zero-order chi connectivity index (χ0) is 15.6. The molecule has 120 valence electrons. The van der Waals surface area contributed by atoms with Gasteiger partial charge in [0.2, 0.25) is 0 Å². The Morgan fingerprint density at radius 2 is 2.26 bits per heavy atom. The standard InChI is InChI=1S/C16H18N4OS2/c1-21-10-20-12-8-11(9-14-17-6-7-22-14)2-3-13(12)23-16-15(20)18-4-5-19-16/h2-5,8,14,17H,6-7,9-10H2,1H3. The molecule has 0 aliphatic carbocycles. The maximum Gasteiger partial charge on any atom is 0.168 e. The Morgan fingerprint density at radius 1 is 1.35 bits per heavy atom. The topological polar surface area (TPSA) is 50.3 Å². The van der Waals surface area contributed by atoms with Gasteiger partial charge in [-0.15, -0.1) is 11.8 Å². The minimum Gasteiger partial charge on any atom is -0.364 e. The summed E-state index contributed by atoms with van der Waals surface area (Å²) < 4.78 is 5.40. The number of aromatic nitrogens is 2. The number of methoxy groups -OCH3 is 1. The Balaban J connectivity index is 1.67. The summed E-state index contributed by atoms with van der Waals surface area (Å²) in [6.07, 6.45) is 4.51. The summed E-state index contributed by atoms with van der Waals surface area (Å²) in [5.74, 6) is 2.07. The van der Waals surface area contributed by atoms with Crippen LogP contribution in [-0.2, 0) is 11.2 Å². The molecule has 0 saturated carbocycles. The van der Waals surface area contributed by atoms with Gasteiger partial charge in [0.15, 0.2) is 5.82 Å². The number of nitrogens with one attached hydrogen (secondary N) is 1. The predicted molar refractivity (Wildman–Crippen MR) is 94.6 cm³/mol. The first-order valence-electron chi connectivity index (χ1n) is 7.58. The van der Waals surface area contributed by atoms with Crippen LogP contribution in [0.3, 0.4) is 0 Å². The average Bonchev–Trinajstić information content (AvgIpc) is 3.08. The molecule has 1 aromatic carbocycles. The molecule has 0 spiro atoms. The second kappa shape index (κ2) is 6.68. The highest BCUT2D eigenvalue weighted by atomic mass is 32.2. The van der Waals surface area contributed by atoms with Crippen LogP contribution in [0.4, 0.5) is 11.5 Å². The largest absolute Gasteiger partial charge is 0.364 e. The number of thioether (sulfide) groups is 1. The van der Waals surface area contributed by atoms with Gasteiger partial charge in [0.05, 0.1) is 11.1 Å². The van der Waals surface area contributed by atoms with Gasteiger partial charge < -0.3 is 10.1 Å². The van der Waals surface area contributed by atoms with E-state index in [0.29, 0.717) is 12.1 Å². The molecule has 7 heteroatoms. The number of rotatable bonds is 4. The van der Waals surface area contributed by atoms with E-state index in [9.17, 15) is 0 Å². The molecule has 0 radical (unpaired) electrons. The van der Waals surface area contributed by atoms with Crippen LogP contribution in [0.2, 0.25) is 0 Å². The highest BCUT2D eigenvalue weighted by Gasteiger charge is 2.26. The van der Waals surface area contributed by atoms with E-state index in [4.69, 9.17) is 4.74 Å². The number of nitrogens with zero attached hydrogens (tertiary/aromatic N) is 3. The molecule has 5 nitrogen and oxygen atoms in total. The van der Waals surface area contributed by atoms with Crippen LogP contribution in [0.25, 0.3) is 0 Å². The van der Waals surface area contributed by atoms with E-state index in [2.05, 4.69) is 38.4 Å². The van der Waals surface area contributed by atoms with Gasteiger partial charge in [-0.3, -0.25) is 4.90 Å². The Labute approximate surface area is 144 Å². The smallest absolute Gasteiger partial charge is 0.168 e. The molecule has 1 atom stereocenters. The molecule has 2 aliphatic heterocycles. The van der Waals surface area contributed by atoms with Crippen LogP contribution in [0, 0.1) is 0 Å². The second-order valence-electron chi connectivity index (χ2n) is 5.45. The number of benzene rings is 1. The van der Waals surface area contributed by atoms with Crippen LogP contribution in [0.5, 0.6) is 0 Å². The zero-order valence-corrected chi connectivity index (χ0v) is 14.5. The molecule has 2 aliphatic rings. The van der Waals surface area contributed by atoms with Gasteiger partial charge in [0.25, 0.3) is 0 Å². The minimum absolute atomic E-state index is 0.471. The molecule has 3 heterocycles. The lowest BCUT2D eigenvalue weighted by atomic mass is 10.1. The van der Waals surface area contributed by atoms with Crippen molar-refractivity contribution >= 4 is 35.0 Å². The molecule has 0 amide bonds. The molecule has 1 aromatic heterocycles. The van der Waals surface area contributed by atoms with Crippen molar-refractivity contribution in [3.8, 4) is 0 Å². The molecule has 4 rings (SSSR count). The third-order valence-electron chi connectivity index (χ3n) is 3.90. The van der Waals surface area contributed by atoms with Gasteiger partial charge in [0.1, 0.15) is 11.8 Å². The van der Waals surface area contributed by atoms with Gasteiger partial charge in [-0.05, 0) is 24.1 Å². The fraction of sp³-hybridized carbons (Fsp3) is 0.375. The Hall–Kier alpha value is -1.28. The summed E-state index contributed by atoms with van der Waals surface area (Å²) in [7, 11) is 1.71. The first-order valence-corrected chi connectivity index (χ1v) is 9.45. The summed E-state index contributed by atoms with van der Waals surface area (Å²) in [5.41, 5.74) is 2.50. The van der Waals surface area contributed by atoms with Crippen molar-refractivity contribution in [3.05, 3.63) is 36.2 Å². The number of hydrogen-bond acceptors (Lipinski definition) is 7. The van der Waals surface area contributed by atoms with E-state index in [1.807, 2.05) is 11.8 Å². The number of anilines is 2. The second-order valence-corrected chi connectivity index (χ2v) is 7.79. The van der Waals surface area contributed by atoms with Gasteiger partial charge in [-0.25, -0.2) is 9.97 Å². The summed E-state index contributed by atoms with van der Waals surface area (Å²) >= 11 is 3.67. The highest BCUT2D eigenvalue weighted by Crippen LogP contribution is 2.46. The molecule has 0 bridgehead atoms. The maximum absolute atomic E-state index is 5.40. The first kappa shape index (κ1) is 15.3. The van der Waals surface area contributed by atoms with E-state index >= 15 is 0 Å². The van der Waals surface area contributed by atoms with E-state index in [1.165, 1.54) is 16.2 Å². The zero-order valence-electron chi connectivity index (χ0n) is 12.9. The van der Waals surface area contributed by atoms with E-state index in [1.54, 1.807) is 31.3 Å². The minimum atomic E-state index is 0.471. The van der Waals surface area contributed by atoms with Crippen molar-refractivity contribution in [2.24, 2.45) is 0 Å². The molecule has 1 saturated heterocycles. The van der Waals surface area contributed by atoms with Crippen molar-refractivity contribution in [2.45, 2.75) is 21.7 Å². The molecule has 1 fully saturated rings. The van der Waals surface area contributed by atoms with E-state index in [0.717, 1.165) is 29.5 Å². The molecular formula is C16H18N4OS2. The SMILES string of the molecule is COCN1c2cc(CC3NCCS3)ccc2Sc2nccnc21. The molecule has 2 aromatic rings. The monoisotopic (exact) mass is 346 g/mol. The maximum atomic E-state index is 5.40. The molecule has 1 unspecified atom stereocenters. The Kier molecular flexibility index (Phi) is 4.43. The fourth-order valence-electron chi connectivity index (χ4n) is 2.87. The van der Waals surface area contributed by atoms with Crippen LogP contribution < -0.4 is 10.2 Å². The third-order valence-corrected chi connectivity index (χ3v) is 6.12. The predicted octanol–water partition coefficient (Wildman–Crippen LogP) is 2.89. The third kappa shape index (κ3) is 3.06. The number of hydrogen-bond donors (Lipinski definition) is 1. The summed E-state index contributed by atoms with van der Waals surface area (Å²) in [4.78, 5) is 12.2. The van der Waals surface area contributed by atoms with Crippen molar-refractivity contribution in [1.29, 1.82) is 0 Å². The lowest BCUT2D eigenvalue weighted by Gasteiger charge is -2.30.